The van der Waals surface area contributed by atoms with E-state index in [9.17, 15) is 13.6 Å². The molecule has 1 aliphatic rings. The van der Waals surface area contributed by atoms with Crippen molar-refractivity contribution < 1.29 is 13.6 Å². The number of pyridine rings is 1. The van der Waals surface area contributed by atoms with Crippen LogP contribution >= 0.6 is 0 Å². The smallest absolute Gasteiger partial charge is 0.251 e. The van der Waals surface area contributed by atoms with Gasteiger partial charge in [0.2, 0.25) is 0 Å². The fourth-order valence-electron chi connectivity index (χ4n) is 3.20. The molecular weight excluding hydrogens is 322 g/mol. The molecule has 3 nitrogen and oxygen atoms in total. The van der Waals surface area contributed by atoms with Gasteiger partial charge in [0.05, 0.1) is 0 Å². The zero-order valence-corrected chi connectivity index (χ0v) is 13.4. The summed E-state index contributed by atoms with van der Waals surface area (Å²) in [5.74, 6) is -1.49. The van der Waals surface area contributed by atoms with Gasteiger partial charge in [0.15, 0.2) is 0 Å². The summed E-state index contributed by atoms with van der Waals surface area (Å²) in [6.45, 7) is 2.31. The van der Waals surface area contributed by atoms with Crippen molar-refractivity contribution in [2.24, 2.45) is 0 Å². The Morgan fingerprint density at radius 3 is 2.52 bits per heavy atom. The van der Waals surface area contributed by atoms with Crippen LogP contribution in [0, 0.1) is 18.6 Å². The van der Waals surface area contributed by atoms with Crippen LogP contribution in [0.2, 0.25) is 0 Å². The van der Waals surface area contributed by atoms with Crippen LogP contribution in [0.4, 0.5) is 8.78 Å². The van der Waals surface area contributed by atoms with Crippen LogP contribution in [0.25, 0.3) is 22.3 Å². The van der Waals surface area contributed by atoms with E-state index in [0.717, 1.165) is 28.5 Å². The average Bonchev–Trinajstić information content (AvgIpc) is 2.95. The Bertz CT molecular complexity index is 1010. The fourth-order valence-corrected chi connectivity index (χ4v) is 3.20. The standard InChI is InChI=1S/C20H14F2N2O/c1-11-14(3-2-6-23-11)17-7-12-10-24-20(25)16(12)9-18(17)15-5-4-13(21)8-19(15)22/h2-9H,10H2,1H3,(H,24,25). The highest BCUT2D eigenvalue weighted by Crippen LogP contribution is 2.38. The molecule has 2 heterocycles. The molecule has 0 aliphatic carbocycles. The lowest BCUT2D eigenvalue weighted by molar-refractivity contribution is 0.0966. The minimum atomic E-state index is -0.666. The molecule has 1 aliphatic heterocycles. The van der Waals surface area contributed by atoms with Crippen molar-refractivity contribution in [2.75, 3.05) is 0 Å². The van der Waals surface area contributed by atoms with Gasteiger partial charge < -0.3 is 5.32 Å². The third kappa shape index (κ3) is 2.58. The second-order valence-corrected chi connectivity index (χ2v) is 6.00. The number of carbonyl (C=O) groups is 1. The quantitative estimate of drug-likeness (QED) is 0.760. The number of hydrogen-bond donors (Lipinski definition) is 1. The normalized spacial score (nSPS) is 12.8. The molecule has 0 fully saturated rings. The maximum absolute atomic E-state index is 14.4. The highest BCUT2D eigenvalue weighted by atomic mass is 19.1. The first-order chi connectivity index (χ1) is 12.0. The third-order valence-electron chi connectivity index (χ3n) is 4.45. The summed E-state index contributed by atoms with van der Waals surface area (Å²) in [5.41, 5.74) is 4.59. The SMILES string of the molecule is Cc1ncccc1-c1cc2c(cc1-c1ccc(F)cc1F)C(=O)NC2. The molecule has 4 rings (SSSR count). The van der Waals surface area contributed by atoms with E-state index in [0.29, 0.717) is 17.7 Å². The summed E-state index contributed by atoms with van der Waals surface area (Å²) in [7, 11) is 0. The maximum atomic E-state index is 14.4. The summed E-state index contributed by atoms with van der Waals surface area (Å²) >= 11 is 0. The number of benzene rings is 2. The van der Waals surface area contributed by atoms with E-state index in [2.05, 4.69) is 10.3 Å². The van der Waals surface area contributed by atoms with Gasteiger partial charge >= 0.3 is 0 Å². The fraction of sp³-hybridized carbons (Fsp3) is 0.100. The largest absolute Gasteiger partial charge is 0.348 e. The van der Waals surface area contributed by atoms with E-state index in [1.165, 1.54) is 12.1 Å². The molecule has 0 spiro atoms. The monoisotopic (exact) mass is 336 g/mol. The molecule has 0 unspecified atom stereocenters. The van der Waals surface area contributed by atoms with Crippen LogP contribution in [0.3, 0.4) is 0 Å². The number of amides is 1. The van der Waals surface area contributed by atoms with Gasteiger partial charge in [-0.2, -0.15) is 0 Å². The van der Waals surface area contributed by atoms with Crippen LogP contribution in [-0.4, -0.2) is 10.9 Å². The van der Waals surface area contributed by atoms with Crippen molar-refractivity contribution in [1.29, 1.82) is 0 Å². The number of halogens is 2. The van der Waals surface area contributed by atoms with Gasteiger partial charge in [0.1, 0.15) is 11.6 Å². The van der Waals surface area contributed by atoms with Gasteiger partial charge in [0.25, 0.3) is 5.91 Å². The Kier molecular flexibility index (Phi) is 3.57. The molecule has 25 heavy (non-hydrogen) atoms. The number of nitrogens with zero attached hydrogens (tertiary/aromatic N) is 1. The molecule has 5 heteroatoms. The summed E-state index contributed by atoms with van der Waals surface area (Å²) in [5, 5.41) is 2.77. The first-order valence-electron chi connectivity index (χ1n) is 7.87. The summed E-state index contributed by atoms with van der Waals surface area (Å²) in [6.07, 6.45) is 1.69. The molecule has 0 atom stereocenters. The highest BCUT2D eigenvalue weighted by molar-refractivity contribution is 6.01. The van der Waals surface area contributed by atoms with Gasteiger partial charge in [-0.25, -0.2) is 8.78 Å². The number of aromatic nitrogens is 1. The van der Waals surface area contributed by atoms with Crippen LogP contribution in [0.15, 0.2) is 48.7 Å². The maximum Gasteiger partial charge on any atom is 0.251 e. The predicted octanol–water partition coefficient (Wildman–Crippen LogP) is 4.25. The molecule has 2 aromatic carbocycles. The van der Waals surface area contributed by atoms with Crippen molar-refractivity contribution in [3.63, 3.8) is 0 Å². The number of rotatable bonds is 2. The topological polar surface area (TPSA) is 42.0 Å². The zero-order chi connectivity index (χ0) is 17.6. The van der Waals surface area contributed by atoms with Crippen LogP contribution in [0.5, 0.6) is 0 Å². The number of carbonyl (C=O) groups excluding carboxylic acids is 1. The second-order valence-electron chi connectivity index (χ2n) is 6.00. The Balaban J connectivity index is 2.03. The first kappa shape index (κ1) is 15.4. The van der Waals surface area contributed by atoms with E-state index in [1.54, 1.807) is 12.3 Å². The lowest BCUT2D eigenvalue weighted by Gasteiger charge is -2.14. The molecule has 0 radical (unpaired) electrons. The summed E-state index contributed by atoms with van der Waals surface area (Å²) in [4.78, 5) is 16.3. The highest BCUT2D eigenvalue weighted by Gasteiger charge is 2.24. The van der Waals surface area contributed by atoms with Crippen molar-refractivity contribution in [1.82, 2.24) is 10.3 Å². The Labute approximate surface area is 143 Å². The molecule has 0 saturated carbocycles. The van der Waals surface area contributed by atoms with Crippen LogP contribution in [0.1, 0.15) is 21.6 Å². The number of hydrogen-bond acceptors (Lipinski definition) is 2. The van der Waals surface area contributed by atoms with Gasteiger partial charge in [-0.05, 0) is 53.9 Å². The van der Waals surface area contributed by atoms with Gasteiger partial charge in [-0.15, -0.1) is 0 Å². The van der Waals surface area contributed by atoms with E-state index in [-0.39, 0.29) is 11.5 Å². The van der Waals surface area contributed by atoms with Crippen LogP contribution in [-0.2, 0) is 6.54 Å². The van der Waals surface area contributed by atoms with Crippen molar-refractivity contribution in [3.8, 4) is 22.3 Å². The summed E-state index contributed by atoms with van der Waals surface area (Å²) < 4.78 is 27.7. The van der Waals surface area contributed by atoms with Gasteiger partial charge in [-0.1, -0.05) is 6.07 Å². The van der Waals surface area contributed by atoms with Crippen LogP contribution < -0.4 is 5.32 Å². The second kappa shape index (κ2) is 5.77. The van der Waals surface area contributed by atoms with Gasteiger partial charge in [-0.3, -0.25) is 9.78 Å². The average molecular weight is 336 g/mol. The molecule has 1 aromatic heterocycles. The van der Waals surface area contributed by atoms with Crippen molar-refractivity contribution >= 4 is 5.91 Å². The number of aryl methyl sites for hydroxylation is 1. The minimum Gasteiger partial charge on any atom is -0.348 e. The predicted molar refractivity (Wildman–Crippen MR) is 90.9 cm³/mol. The van der Waals surface area contributed by atoms with Gasteiger partial charge in [0, 0.05) is 41.2 Å². The molecule has 0 bridgehead atoms. The Morgan fingerprint density at radius 2 is 1.76 bits per heavy atom. The Morgan fingerprint density at radius 1 is 0.960 bits per heavy atom. The molecule has 0 saturated heterocycles. The van der Waals surface area contributed by atoms with E-state index in [4.69, 9.17) is 0 Å². The van der Waals surface area contributed by atoms with E-state index in [1.807, 2.05) is 25.1 Å². The van der Waals surface area contributed by atoms with E-state index >= 15 is 0 Å². The molecule has 124 valence electrons. The molecule has 3 aromatic rings. The molecule has 1 N–H and O–H groups in total. The molecular formula is C20H14F2N2O. The van der Waals surface area contributed by atoms with Crippen molar-refractivity contribution in [3.05, 3.63) is 77.1 Å². The lowest BCUT2D eigenvalue weighted by Crippen LogP contribution is -2.12. The van der Waals surface area contributed by atoms with E-state index < -0.39 is 11.6 Å². The lowest BCUT2D eigenvalue weighted by atomic mass is 9.90. The zero-order valence-electron chi connectivity index (χ0n) is 13.4. The minimum absolute atomic E-state index is 0.187. The number of nitrogens with one attached hydrogen (secondary N) is 1. The summed E-state index contributed by atoms with van der Waals surface area (Å²) in [6, 6.07) is 10.7. The van der Waals surface area contributed by atoms with Crippen molar-refractivity contribution in [2.45, 2.75) is 13.5 Å². The third-order valence-corrected chi connectivity index (χ3v) is 4.45. The molecule has 1 amide bonds. The number of fused-ring (bicyclic) bond motifs is 1. The Hall–Kier alpha value is -3.08. The first-order valence-corrected chi connectivity index (χ1v) is 7.87.